The van der Waals surface area contributed by atoms with Crippen LogP contribution in [0.5, 0.6) is 0 Å². The Hall–Kier alpha value is -0.770. The van der Waals surface area contributed by atoms with Gasteiger partial charge in [0.25, 0.3) is 0 Å². The third-order valence-electron chi connectivity index (χ3n) is 3.76. The molecule has 1 aromatic rings. The first-order valence-corrected chi connectivity index (χ1v) is 7.32. The van der Waals surface area contributed by atoms with E-state index in [0.29, 0.717) is 28.2 Å². The van der Waals surface area contributed by atoms with Crippen molar-refractivity contribution in [2.75, 3.05) is 11.9 Å². The van der Waals surface area contributed by atoms with Crippen LogP contribution in [-0.4, -0.2) is 12.5 Å². The van der Waals surface area contributed by atoms with Gasteiger partial charge in [-0.2, -0.15) is 0 Å². The molecular weight excluding hydrogens is 283 g/mol. The van der Waals surface area contributed by atoms with Crippen LogP contribution in [-0.2, 0) is 4.79 Å². The lowest BCUT2D eigenvalue weighted by molar-refractivity contribution is -0.121. The highest BCUT2D eigenvalue weighted by molar-refractivity contribution is 6.39. The van der Waals surface area contributed by atoms with Crippen molar-refractivity contribution >= 4 is 34.8 Å². The van der Waals surface area contributed by atoms with Crippen LogP contribution in [0.2, 0.25) is 10.0 Å². The summed E-state index contributed by atoms with van der Waals surface area (Å²) in [4.78, 5) is 12.2. The Morgan fingerprint density at radius 1 is 1.21 bits per heavy atom. The summed E-state index contributed by atoms with van der Waals surface area (Å²) in [7, 11) is 0. The fourth-order valence-corrected chi connectivity index (χ4v) is 2.99. The number of rotatable bonds is 3. The Balaban J connectivity index is 1.98. The summed E-state index contributed by atoms with van der Waals surface area (Å²) >= 11 is 12.1. The summed E-state index contributed by atoms with van der Waals surface area (Å²) in [5.74, 6) is 0.605. The minimum Gasteiger partial charge on any atom is -0.330 e. The predicted octanol–water partition coefficient (Wildman–Crippen LogP) is 3.70. The summed E-state index contributed by atoms with van der Waals surface area (Å²) in [5.41, 5.74) is 6.16. The summed E-state index contributed by atoms with van der Waals surface area (Å²) in [6, 6.07) is 5.19. The SMILES string of the molecule is NCC1CCC(C(=O)Nc2c(Cl)cccc2Cl)CC1. The molecule has 1 saturated carbocycles. The molecule has 0 saturated heterocycles. The first kappa shape index (κ1) is 14.6. The highest BCUT2D eigenvalue weighted by atomic mass is 35.5. The molecule has 0 spiro atoms. The van der Waals surface area contributed by atoms with E-state index in [9.17, 15) is 4.79 Å². The number of carbonyl (C=O) groups excluding carboxylic acids is 1. The fraction of sp³-hybridized carbons (Fsp3) is 0.500. The molecule has 2 rings (SSSR count). The highest BCUT2D eigenvalue weighted by Crippen LogP contribution is 2.33. The molecule has 1 aliphatic carbocycles. The highest BCUT2D eigenvalue weighted by Gasteiger charge is 2.26. The molecule has 0 aromatic heterocycles. The van der Waals surface area contributed by atoms with Crippen LogP contribution in [0.15, 0.2) is 18.2 Å². The third-order valence-corrected chi connectivity index (χ3v) is 4.39. The van der Waals surface area contributed by atoms with Gasteiger partial charge in [-0.1, -0.05) is 29.3 Å². The van der Waals surface area contributed by atoms with Crippen molar-refractivity contribution in [1.29, 1.82) is 0 Å². The smallest absolute Gasteiger partial charge is 0.227 e. The van der Waals surface area contributed by atoms with Crippen LogP contribution in [0.1, 0.15) is 25.7 Å². The lowest BCUT2D eigenvalue weighted by Gasteiger charge is -2.27. The van der Waals surface area contributed by atoms with E-state index < -0.39 is 0 Å². The van der Waals surface area contributed by atoms with E-state index in [1.807, 2.05) is 0 Å². The van der Waals surface area contributed by atoms with Crippen molar-refractivity contribution in [3.05, 3.63) is 28.2 Å². The van der Waals surface area contributed by atoms with Gasteiger partial charge in [0.1, 0.15) is 0 Å². The normalized spacial score (nSPS) is 23.1. The predicted molar refractivity (Wildman–Crippen MR) is 79.6 cm³/mol. The molecule has 1 fully saturated rings. The van der Waals surface area contributed by atoms with E-state index in [0.717, 1.165) is 25.7 Å². The van der Waals surface area contributed by atoms with E-state index in [2.05, 4.69) is 5.32 Å². The monoisotopic (exact) mass is 300 g/mol. The number of hydrogen-bond acceptors (Lipinski definition) is 2. The Labute approximate surface area is 123 Å². The Bertz CT molecular complexity index is 437. The third kappa shape index (κ3) is 3.62. The molecule has 0 radical (unpaired) electrons. The number of carbonyl (C=O) groups is 1. The number of amides is 1. The van der Waals surface area contributed by atoms with Gasteiger partial charge in [0.05, 0.1) is 15.7 Å². The van der Waals surface area contributed by atoms with Crippen molar-refractivity contribution < 1.29 is 4.79 Å². The zero-order chi connectivity index (χ0) is 13.8. The molecule has 3 nitrogen and oxygen atoms in total. The van der Waals surface area contributed by atoms with E-state index in [1.165, 1.54) is 0 Å². The van der Waals surface area contributed by atoms with Gasteiger partial charge in [0, 0.05) is 5.92 Å². The van der Waals surface area contributed by atoms with E-state index in [-0.39, 0.29) is 11.8 Å². The van der Waals surface area contributed by atoms with Gasteiger partial charge in [-0.25, -0.2) is 0 Å². The topological polar surface area (TPSA) is 55.1 Å². The number of nitrogens with one attached hydrogen (secondary N) is 1. The van der Waals surface area contributed by atoms with Gasteiger partial charge in [-0.05, 0) is 50.3 Å². The molecule has 0 aliphatic heterocycles. The molecule has 0 atom stereocenters. The zero-order valence-electron chi connectivity index (χ0n) is 10.7. The van der Waals surface area contributed by atoms with Gasteiger partial charge in [0.15, 0.2) is 0 Å². The summed E-state index contributed by atoms with van der Waals surface area (Å²) in [6.45, 7) is 0.713. The van der Waals surface area contributed by atoms with Gasteiger partial charge in [-0.15, -0.1) is 0 Å². The van der Waals surface area contributed by atoms with Crippen LogP contribution in [0.25, 0.3) is 0 Å². The van der Waals surface area contributed by atoms with Crippen LogP contribution in [0.3, 0.4) is 0 Å². The molecule has 0 unspecified atom stereocenters. The van der Waals surface area contributed by atoms with Crippen LogP contribution >= 0.6 is 23.2 Å². The molecule has 5 heteroatoms. The average molecular weight is 301 g/mol. The molecule has 3 N–H and O–H groups in total. The minimum atomic E-state index is 0.00507. The minimum absolute atomic E-state index is 0.00507. The molecule has 1 aliphatic rings. The first-order chi connectivity index (χ1) is 9.11. The zero-order valence-corrected chi connectivity index (χ0v) is 12.2. The van der Waals surface area contributed by atoms with E-state index >= 15 is 0 Å². The maximum Gasteiger partial charge on any atom is 0.227 e. The Kier molecular flexibility index (Phi) is 5.08. The molecule has 1 amide bonds. The van der Waals surface area contributed by atoms with Crippen LogP contribution < -0.4 is 11.1 Å². The number of nitrogens with two attached hydrogens (primary N) is 1. The van der Waals surface area contributed by atoms with Gasteiger partial charge < -0.3 is 11.1 Å². The molecule has 19 heavy (non-hydrogen) atoms. The van der Waals surface area contributed by atoms with Gasteiger partial charge >= 0.3 is 0 Å². The number of anilines is 1. The average Bonchev–Trinajstić information content (AvgIpc) is 2.43. The fourth-order valence-electron chi connectivity index (χ4n) is 2.50. The molecule has 104 valence electrons. The lowest BCUT2D eigenvalue weighted by Crippen LogP contribution is -2.29. The van der Waals surface area contributed by atoms with Crippen LogP contribution in [0, 0.1) is 11.8 Å². The standard InChI is InChI=1S/C14H18Cl2N2O/c15-11-2-1-3-12(16)13(11)18-14(19)10-6-4-9(8-17)5-7-10/h1-3,9-10H,4-8,17H2,(H,18,19). The van der Waals surface area contributed by atoms with Crippen LogP contribution in [0.4, 0.5) is 5.69 Å². The van der Waals surface area contributed by atoms with Crippen molar-refractivity contribution in [2.24, 2.45) is 17.6 Å². The van der Waals surface area contributed by atoms with Gasteiger partial charge in [-0.3, -0.25) is 4.79 Å². The molecule has 0 heterocycles. The second-order valence-electron chi connectivity index (χ2n) is 5.04. The molecule has 1 aromatic carbocycles. The van der Waals surface area contributed by atoms with Crippen molar-refractivity contribution in [3.8, 4) is 0 Å². The van der Waals surface area contributed by atoms with E-state index in [4.69, 9.17) is 28.9 Å². The van der Waals surface area contributed by atoms with Crippen molar-refractivity contribution in [1.82, 2.24) is 0 Å². The number of benzene rings is 1. The van der Waals surface area contributed by atoms with Crippen molar-refractivity contribution in [3.63, 3.8) is 0 Å². The summed E-state index contributed by atoms with van der Waals surface area (Å²) in [6.07, 6.45) is 3.81. The molecular formula is C14H18Cl2N2O. The largest absolute Gasteiger partial charge is 0.330 e. The quantitative estimate of drug-likeness (QED) is 0.894. The second kappa shape index (κ2) is 6.60. The summed E-state index contributed by atoms with van der Waals surface area (Å²) in [5, 5.41) is 3.78. The second-order valence-corrected chi connectivity index (χ2v) is 5.85. The molecule has 0 bridgehead atoms. The Morgan fingerprint density at radius 3 is 2.32 bits per heavy atom. The summed E-state index contributed by atoms with van der Waals surface area (Å²) < 4.78 is 0. The van der Waals surface area contributed by atoms with Crippen molar-refractivity contribution in [2.45, 2.75) is 25.7 Å². The number of para-hydroxylation sites is 1. The Morgan fingerprint density at radius 2 is 1.79 bits per heavy atom. The van der Waals surface area contributed by atoms with Gasteiger partial charge in [0.2, 0.25) is 5.91 Å². The maximum absolute atomic E-state index is 12.2. The first-order valence-electron chi connectivity index (χ1n) is 6.56. The maximum atomic E-state index is 12.2. The number of hydrogen-bond donors (Lipinski definition) is 2. The van der Waals surface area contributed by atoms with E-state index in [1.54, 1.807) is 18.2 Å². The number of halogens is 2. The lowest BCUT2D eigenvalue weighted by atomic mass is 9.81.